The smallest absolute Gasteiger partial charge is 0.0558 e. The number of nitrogens with one attached hydrogen (secondary N) is 1. The van der Waals surface area contributed by atoms with Crippen LogP contribution in [0.5, 0.6) is 0 Å². The molecule has 0 aromatic heterocycles. The third kappa shape index (κ3) is 8.20. The summed E-state index contributed by atoms with van der Waals surface area (Å²) < 4.78 is 0. The summed E-state index contributed by atoms with van der Waals surface area (Å²) in [6, 6.07) is 0. The van der Waals surface area contributed by atoms with Gasteiger partial charge >= 0.3 is 0 Å². The molecular formula is C16H37N3O. The van der Waals surface area contributed by atoms with Crippen molar-refractivity contribution in [2.45, 2.75) is 40.5 Å². The first-order chi connectivity index (χ1) is 9.88. The second-order valence-corrected chi connectivity index (χ2v) is 5.06. The van der Waals surface area contributed by atoms with Crippen LogP contribution in [-0.2, 0) is 0 Å². The average Bonchev–Trinajstić information content (AvgIpc) is 2.54. The van der Waals surface area contributed by atoms with Gasteiger partial charge in [0, 0.05) is 39.3 Å². The fraction of sp³-hybridized carbons (Fsp3) is 1.00. The van der Waals surface area contributed by atoms with Gasteiger partial charge in [-0.05, 0) is 31.8 Å². The highest BCUT2D eigenvalue weighted by molar-refractivity contribution is 4.77. The summed E-state index contributed by atoms with van der Waals surface area (Å²) in [5.41, 5.74) is 0. The van der Waals surface area contributed by atoms with Crippen LogP contribution in [0.25, 0.3) is 0 Å². The zero-order chi connectivity index (χ0) is 15.2. The van der Waals surface area contributed by atoms with E-state index in [1.54, 1.807) is 0 Å². The maximum absolute atomic E-state index is 8.89. The normalized spacial score (nSPS) is 21.4. The summed E-state index contributed by atoms with van der Waals surface area (Å²) in [6.45, 7) is 17.6. The van der Waals surface area contributed by atoms with Crippen molar-refractivity contribution in [3.8, 4) is 0 Å². The van der Waals surface area contributed by atoms with Crippen molar-refractivity contribution in [2.24, 2.45) is 5.92 Å². The first-order valence-electron chi connectivity index (χ1n) is 8.65. The summed E-state index contributed by atoms with van der Waals surface area (Å²) in [5, 5.41) is 12.3. The van der Waals surface area contributed by atoms with Gasteiger partial charge in [-0.25, -0.2) is 0 Å². The van der Waals surface area contributed by atoms with E-state index in [4.69, 9.17) is 5.11 Å². The largest absolute Gasteiger partial charge is 0.395 e. The molecule has 0 radical (unpaired) electrons. The van der Waals surface area contributed by atoms with Crippen LogP contribution in [0, 0.1) is 5.92 Å². The van der Waals surface area contributed by atoms with Crippen LogP contribution >= 0.6 is 0 Å². The summed E-state index contributed by atoms with van der Waals surface area (Å²) in [7, 11) is 0. The second-order valence-electron chi connectivity index (χ2n) is 5.06. The van der Waals surface area contributed by atoms with E-state index < -0.39 is 0 Å². The molecule has 2 heterocycles. The monoisotopic (exact) mass is 287 g/mol. The van der Waals surface area contributed by atoms with Gasteiger partial charge in [-0.15, -0.1) is 0 Å². The predicted octanol–water partition coefficient (Wildman–Crippen LogP) is 1.65. The van der Waals surface area contributed by atoms with Crippen LogP contribution in [0.2, 0.25) is 0 Å². The average molecular weight is 287 g/mol. The minimum Gasteiger partial charge on any atom is -0.395 e. The van der Waals surface area contributed by atoms with Crippen molar-refractivity contribution in [1.82, 2.24) is 15.1 Å². The number of piperazine rings is 1. The molecule has 4 heteroatoms. The number of nitrogens with zero attached hydrogens (tertiary/aromatic N) is 2. The Morgan fingerprint density at radius 3 is 1.95 bits per heavy atom. The maximum atomic E-state index is 8.89. The molecule has 2 N–H and O–H groups in total. The Balaban J connectivity index is 0.000000829. The van der Waals surface area contributed by atoms with Gasteiger partial charge < -0.3 is 20.2 Å². The summed E-state index contributed by atoms with van der Waals surface area (Å²) in [4.78, 5) is 4.98. The molecule has 0 unspecified atom stereocenters. The van der Waals surface area contributed by atoms with Crippen molar-refractivity contribution < 1.29 is 5.11 Å². The number of β-amino-alcohol motifs (C(OH)–C–C–N with tert-alkyl or cyclic N) is 1. The summed E-state index contributed by atoms with van der Waals surface area (Å²) in [5.74, 6) is 0.882. The van der Waals surface area contributed by atoms with Crippen LogP contribution in [0.4, 0.5) is 0 Å². The highest BCUT2D eigenvalue weighted by Crippen LogP contribution is 2.18. The molecule has 20 heavy (non-hydrogen) atoms. The highest BCUT2D eigenvalue weighted by Gasteiger charge is 2.21. The van der Waals surface area contributed by atoms with E-state index in [0.29, 0.717) is 6.61 Å². The van der Waals surface area contributed by atoms with Gasteiger partial charge in [0.1, 0.15) is 0 Å². The SMILES string of the molecule is CC.CC.OCCN1CCC(CN2CCNCC2)CC1. The first kappa shape index (κ1) is 19.8. The van der Waals surface area contributed by atoms with E-state index in [0.717, 1.165) is 25.6 Å². The fourth-order valence-corrected chi connectivity index (χ4v) is 2.79. The molecule has 2 fully saturated rings. The molecule has 0 aliphatic carbocycles. The second kappa shape index (κ2) is 13.8. The fourth-order valence-electron chi connectivity index (χ4n) is 2.79. The molecule has 2 aliphatic rings. The van der Waals surface area contributed by atoms with Crippen LogP contribution in [-0.4, -0.2) is 73.9 Å². The minimum absolute atomic E-state index is 0.308. The Morgan fingerprint density at radius 2 is 1.45 bits per heavy atom. The molecule has 122 valence electrons. The topological polar surface area (TPSA) is 38.7 Å². The van der Waals surface area contributed by atoms with Crippen molar-refractivity contribution in [3.63, 3.8) is 0 Å². The summed E-state index contributed by atoms with van der Waals surface area (Å²) >= 11 is 0. The zero-order valence-electron chi connectivity index (χ0n) is 14.2. The van der Waals surface area contributed by atoms with Crippen molar-refractivity contribution >= 4 is 0 Å². The molecule has 2 rings (SSSR count). The number of hydrogen-bond acceptors (Lipinski definition) is 4. The number of aliphatic hydroxyl groups excluding tert-OH is 1. The van der Waals surface area contributed by atoms with Gasteiger partial charge in [-0.3, -0.25) is 0 Å². The lowest BCUT2D eigenvalue weighted by atomic mass is 9.96. The predicted molar refractivity (Wildman–Crippen MR) is 88.3 cm³/mol. The molecule has 0 aromatic rings. The Labute approximate surface area is 126 Å². The Bertz CT molecular complexity index is 188. The van der Waals surface area contributed by atoms with E-state index in [1.807, 2.05) is 27.7 Å². The molecule has 2 saturated heterocycles. The number of hydrogen-bond donors (Lipinski definition) is 2. The molecule has 0 atom stereocenters. The Kier molecular flexibility index (Phi) is 13.7. The number of aliphatic hydroxyl groups is 1. The summed E-state index contributed by atoms with van der Waals surface area (Å²) in [6.07, 6.45) is 2.62. The number of likely N-dealkylation sites (tertiary alicyclic amines) is 1. The standard InChI is InChI=1S/C12H25N3O.2C2H6/c16-10-9-14-5-1-12(2-6-14)11-15-7-3-13-4-8-15;2*1-2/h12-13,16H,1-11H2;2*1-2H3. The highest BCUT2D eigenvalue weighted by atomic mass is 16.3. The van der Waals surface area contributed by atoms with Gasteiger partial charge in [-0.1, -0.05) is 27.7 Å². The molecule has 0 saturated carbocycles. The van der Waals surface area contributed by atoms with Gasteiger partial charge in [0.15, 0.2) is 0 Å². The van der Waals surface area contributed by atoms with Crippen molar-refractivity contribution in [1.29, 1.82) is 0 Å². The third-order valence-electron chi connectivity index (χ3n) is 3.85. The van der Waals surface area contributed by atoms with Crippen molar-refractivity contribution in [3.05, 3.63) is 0 Å². The van der Waals surface area contributed by atoms with Gasteiger partial charge in [0.25, 0.3) is 0 Å². The van der Waals surface area contributed by atoms with E-state index in [1.165, 1.54) is 45.6 Å². The zero-order valence-corrected chi connectivity index (χ0v) is 14.2. The maximum Gasteiger partial charge on any atom is 0.0558 e. The molecule has 0 aromatic carbocycles. The van der Waals surface area contributed by atoms with E-state index in [9.17, 15) is 0 Å². The van der Waals surface area contributed by atoms with Gasteiger partial charge in [0.05, 0.1) is 6.61 Å². The van der Waals surface area contributed by atoms with E-state index in [-0.39, 0.29) is 0 Å². The van der Waals surface area contributed by atoms with Crippen LogP contribution < -0.4 is 5.32 Å². The molecule has 0 bridgehead atoms. The Morgan fingerprint density at radius 1 is 0.900 bits per heavy atom. The van der Waals surface area contributed by atoms with Crippen molar-refractivity contribution in [2.75, 3.05) is 59.0 Å². The molecule has 0 amide bonds. The van der Waals surface area contributed by atoms with Crippen LogP contribution in [0.1, 0.15) is 40.5 Å². The lowest BCUT2D eigenvalue weighted by Gasteiger charge is -2.36. The quantitative estimate of drug-likeness (QED) is 0.825. The first-order valence-corrected chi connectivity index (χ1v) is 8.65. The minimum atomic E-state index is 0.308. The molecule has 0 spiro atoms. The lowest BCUT2D eigenvalue weighted by Crippen LogP contribution is -2.47. The number of piperidine rings is 1. The van der Waals surface area contributed by atoms with Crippen LogP contribution in [0.3, 0.4) is 0 Å². The lowest BCUT2D eigenvalue weighted by molar-refractivity contribution is 0.119. The van der Waals surface area contributed by atoms with Gasteiger partial charge in [0.2, 0.25) is 0 Å². The Hall–Kier alpha value is -0.160. The third-order valence-corrected chi connectivity index (χ3v) is 3.85. The van der Waals surface area contributed by atoms with Crippen LogP contribution in [0.15, 0.2) is 0 Å². The molecule has 2 aliphatic heterocycles. The number of rotatable bonds is 4. The van der Waals surface area contributed by atoms with E-state index >= 15 is 0 Å². The van der Waals surface area contributed by atoms with E-state index in [2.05, 4.69) is 15.1 Å². The van der Waals surface area contributed by atoms with Gasteiger partial charge in [-0.2, -0.15) is 0 Å². The molecular weight excluding hydrogens is 250 g/mol. The molecule has 4 nitrogen and oxygen atoms in total.